The fourth-order valence-electron chi connectivity index (χ4n) is 8.87. The number of hydrogen-bond donors (Lipinski definition) is 0. The van der Waals surface area contributed by atoms with Crippen LogP contribution in [0, 0.1) is 27.7 Å². The summed E-state index contributed by atoms with van der Waals surface area (Å²) in [6, 6.07) is 49.9. The molecule has 5 nitrogen and oxygen atoms in total. The van der Waals surface area contributed by atoms with E-state index in [1.807, 2.05) is 76.2 Å². The number of carbonyl (C=O) groups is 2. The Morgan fingerprint density at radius 1 is 0.448 bits per heavy atom. The van der Waals surface area contributed by atoms with Crippen molar-refractivity contribution in [2.24, 2.45) is 0 Å². The molecule has 1 aliphatic carbocycles. The average molecular weight is 757 g/mol. The highest BCUT2D eigenvalue weighted by molar-refractivity contribution is 5.96. The zero-order chi connectivity index (χ0) is 39.7. The number of benzene rings is 8. The molecule has 0 aromatic heterocycles. The summed E-state index contributed by atoms with van der Waals surface area (Å²) in [7, 11) is 0. The second kappa shape index (κ2) is 13.6. The topological polar surface area (TPSA) is 61.8 Å². The van der Waals surface area contributed by atoms with Crippen LogP contribution in [-0.4, -0.2) is 11.9 Å². The molecular formula is C53H40O5. The average Bonchev–Trinajstić information content (AvgIpc) is 3.53. The van der Waals surface area contributed by atoms with Gasteiger partial charge in [0.25, 0.3) is 0 Å². The fourth-order valence-corrected chi connectivity index (χ4v) is 8.87. The molecule has 2 aliphatic rings. The molecule has 0 bridgehead atoms. The summed E-state index contributed by atoms with van der Waals surface area (Å²) in [4.78, 5) is 26.0. The van der Waals surface area contributed by atoms with Crippen LogP contribution in [-0.2, 0) is 28.1 Å². The van der Waals surface area contributed by atoms with Crippen molar-refractivity contribution in [3.8, 4) is 22.6 Å². The molecule has 1 heterocycles. The van der Waals surface area contributed by atoms with Crippen molar-refractivity contribution in [2.75, 3.05) is 0 Å². The van der Waals surface area contributed by atoms with Gasteiger partial charge in [0.1, 0.15) is 24.7 Å². The van der Waals surface area contributed by atoms with Gasteiger partial charge in [-0.3, -0.25) is 0 Å². The van der Waals surface area contributed by atoms with Crippen molar-refractivity contribution in [1.29, 1.82) is 0 Å². The molecule has 0 fully saturated rings. The number of aryl methyl sites for hydroxylation is 4. The minimum absolute atomic E-state index is 0.159. The molecule has 0 atom stereocenters. The number of hydrogen-bond acceptors (Lipinski definition) is 5. The number of rotatable bonds is 6. The molecule has 5 heteroatoms. The summed E-state index contributed by atoms with van der Waals surface area (Å²) in [5.41, 5.74) is 13.6. The molecule has 0 saturated heterocycles. The van der Waals surface area contributed by atoms with E-state index in [1.54, 1.807) is 0 Å². The highest BCUT2D eigenvalue weighted by Gasteiger charge is 2.51. The quantitative estimate of drug-likeness (QED) is 0.158. The van der Waals surface area contributed by atoms with Crippen molar-refractivity contribution >= 4 is 33.5 Å². The first-order valence-corrected chi connectivity index (χ1v) is 19.7. The first-order chi connectivity index (χ1) is 28.2. The number of esters is 2. The first-order valence-electron chi connectivity index (χ1n) is 19.7. The molecule has 0 saturated carbocycles. The summed E-state index contributed by atoms with van der Waals surface area (Å²) in [6.45, 7) is 8.38. The lowest BCUT2D eigenvalue weighted by atomic mass is 9.65. The molecule has 0 unspecified atom stereocenters. The van der Waals surface area contributed by atoms with E-state index in [-0.39, 0.29) is 25.2 Å². The third kappa shape index (κ3) is 5.68. The number of carbonyl (C=O) groups excluding carboxylic acids is 2. The van der Waals surface area contributed by atoms with Crippen molar-refractivity contribution in [2.45, 2.75) is 46.3 Å². The first kappa shape index (κ1) is 35.4. The molecule has 1 spiro atoms. The standard InChI is InChI=1S/C53H40O5/c1-31-13-17-39(21-33(31)3)51(54)56-29-35-16-20-38-27-49-48(26-41(38)23-35)53(45-11-7-5-9-43(45)44-10-6-8-12-46(44)53)47-25-37-19-15-36(24-42(37)28-50(47)58-49)30-57-52(55)40-18-14-32(2)34(4)22-40/h5-28H,29-30H2,1-4H3. The van der Waals surface area contributed by atoms with Gasteiger partial charge in [-0.25, -0.2) is 9.59 Å². The van der Waals surface area contributed by atoms with Crippen LogP contribution in [0.3, 0.4) is 0 Å². The lowest BCUT2D eigenvalue weighted by Crippen LogP contribution is -2.32. The third-order valence-electron chi connectivity index (χ3n) is 12.2. The zero-order valence-electron chi connectivity index (χ0n) is 32.8. The smallest absolute Gasteiger partial charge is 0.338 e. The van der Waals surface area contributed by atoms with Gasteiger partial charge in [-0.2, -0.15) is 0 Å². The molecule has 282 valence electrons. The van der Waals surface area contributed by atoms with Gasteiger partial charge in [-0.05, 0) is 166 Å². The van der Waals surface area contributed by atoms with Gasteiger partial charge in [0.15, 0.2) is 0 Å². The Labute approximate surface area is 337 Å². The predicted molar refractivity (Wildman–Crippen MR) is 229 cm³/mol. The Morgan fingerprint density at radius 2 is 0.897 bits per heavy atom. The van der Waals surface area contributed by atoms with Gasteiger partial charge in [-0.1, -0.05) is 84.9 Å². The van der Waals surface area contributed by atoms with E-state index in [2.05, 4.69) is 97.1 Å². The highest BCUT2D eigenvalue weighted by Crippen LogP contribution is 2.62. The fraction of sp³-hybridized carbons (Fsp3) is 0.132. The maximum absolute atomic E-state index is 13.0. The van der Waals surface area contributed by atoms with E-state index in [0.717, 1.165) is 77.6 Å². The van der Waals surface area contributed by atoms with E-state index >= 15 is 0 Å². The minimum atomic E-state index is -0.662. The van der Waals surface area contributed by atoms with Gasteiger partial charge in [0.2, 0.25) is 0 Å². The van der Waals surface area contributed by atoms with Crippen LogP contribution in [0.4, 0.5) is 0 Å². The Morgan fingerprint density at radius 3 is 1.41 bits per heavy atom. The highest BCUT2D eigenvalue weighted by atomic mass is 16.5. The van der Waals surface area contributed by atoms with Crippen LogP contribution in [0.25, 0.3) is 32.7 Å². The van der Waals surface area contributed by atoms with Crippen molar-refractivity contribution in [1.82, 2.24) is 0 Å². The van der Waals surface area contributed by atoms with Gasteiger partial charge in [-0.15, -0.1) is 0 Å². The van der Waals surface area contributed by atoms with Crippen molar-refractivity contribution < 1.29 is 23.8 Å². The second-order valence-corrected chi connectivity index (χ2v) is 15.8. The molecular weight excluding hydrogens is 717 g/mol. The molecule has 1 aliphatic heterocycles. The maximum Gasteiger partial charge on any atom is 0.338 e. The summed E-state index contributed by atoms with van der Waals surface area (Å²) in [5.74, 6) is 0.893. The van der Waals surface area contributed by atoms with Crippen LogP contribution in [0.2, 0.25) is 0 Å². The Kier molecular flexibility index (Phi) is 8.31. The third-order valence-corrected chi connectivity index (χ3v) is 12.2. The zero-order valence-corrected chi connectivity index (χ0v) is 32.8. The summed E-state index contributed by atoms with van der Waals surface area (Å²) in [6.07, 6.45) is 0. The Balaban J connectivity index is 1.06. The number of ether oxygens (including phenoxy) is 3. The van der Waals surface area contributed by atoms with E-state index in [4.69, 9.17) is 14.2 Å². The lowest BCUT2D eigenvalue weighted by molar-refractivity contribution is 0.0464. The molecule has 8 aromatic rings. The van der Waals surface area contributed by atoms with E-state index in [1.165, 1.54) is 22.3 Å². The normalized spacial score (nSPS) is 13.0. The minimum Gasteiger partial charge on any atom is -0.457 e. The summed E-state index contributed by atoms with van der Waals surface area (Å²) in [5, 5.41) is 4.12. The van der Waals surface area contributed by atoms with Crippen molar-refractivity contribution in [3.63, 3.8) is 0 Å². The van der Waals surface area contributed by atoms with E-state index in [9.17, 15) is 9.59 Å². The van der Waals surface area contributed by atoms with Crippen LogP contribution in [0.1, 0.15) is 76.4 Å². The SMILES string of the molecule is Cc1ccc(C(=O)OCc2ccc3cc4c(cc3c2)Oc2cc3ccc(COC(=O)c5ccc(C)c(C)c5)cc3cc2C42c3ccccc3-c3ccccc32)cc1C. The monoisotopic (exact) mass is 756 g/mol. The second-order valence-electron chi connectivity index (χ2n) is 15.8. The summed E-state index contributed by atoms with van der Waals surface area (Å²) >= 11 is 0. The van der Waals surface area contributed by atoms with Crippen LogP contribution >= 0.6 is 0 Å². The van der Waals surface area contributed by atoms with Gasteiger partial charge in [0.05, 0.1) is 16.5 Å². The Hall–Kier alpha value is -6.98. The Bertz CT molecular complexity index is 2980. The molecule has 58 heavy (non-hydrogen) atoms. The van der Waals surface area contributed by atoms with Crippen molar-refractivity contribution in [3.05, 3.63) is 212 Å². The molecule has 0 radical (unpaired) electrons. The van der Waals surface area contributed by atoms with Gasteiger partial charge in [0, 0.05) is 11.1 Å². The van der Waals surface area contributed by atoms with E-state index < -0.39 is 5.41 Å². The molecule has 0 N–H and O–H groups in total. The largest absolute Gasteiger partial charge is 0.457 e. The predicted octanol–water partition coefficient (Wildman–Crippen LogP) is 12.4. The number of fused-ring (bicyclic) bond motifs is 11. The van der Waals surface area contributed by atoms with Gasteiger partial charge >= 0.3 is 11.9 Å². The van der Waals surface area contributed by atoms with Crippen LogP contribution in [0.5, 0.6) is 11.5 Å². The van der Waals surface area contributed by atoms with Crippen LogP contribution < -0.4 is 4.74 Å². The summed E-state index contributed by atoms with van der Waals surface area (Å²) < 4.78 is 18.5. The lowest BCUT2D eigenvalue weighted by Gasteiger charge is -2.40. The van der Waals surface area contributed by atoms with Gasteiger partial charge < -0.3 is 14.2 Å². The van der Waals surface area contributed by atoms with Crippen LogP contribution in [0.15, 0.2) is 146 Å². The molecule has 0 amide bonds. The molecule has 10 rings (SSSR count). The maximum atomic E-state index is 13.0. The van der Waals surface area contributed by atoms with E-state index in [0.29, 0.717) is 11.1 Å². The molecule has 8 aromatic carbocycles.